The normalized spacial score (nSPS) is 20.7. The van der Waals surface area contributed by atoms with Crippen LogP contribution >= 0.6 is 0 Å². The smallest absolute Gasteiger partial charge is 0.276 e. The number of aromatic nitrogens is 2. The molecule has 2 N–H and O–H groups in total. The molecule has 1 heterocycles. The van der Waals surface area contributed by atoms with Crippen LogP contribution in [0.1, 0.15) is 43.9 Å². The van der Waals surface area contributed by atoms with E-state index >= 15 is 0 Å². The highest BCUT2D eigenvalue weighted by Gasteiger charge is 2.43. The van der Waals surface area contributed by atoms with Gasteiger partial charge in [0.05, 0.1) is 12.0 Å². The molecule has 3 rings (SSSR count). The van der Waals surface area contributed by atoms with Crippen LogP contribution in [0.3, 0.4) is 0 Å². The third-order valence-corrected chi connectivity index (χ3v) is 5.76. The summed E-state index contributed by atoms with van der Waals surface area (Å²) in [5, 5.41) is 1.10. The van der Waals surface area contributed by atoms with E-state index in [0.29, 0.717) is 25.2 Å². The molecule has 0 aliphatic heterocycles. The number of anilines is 1. The van der Waals surface area contributed by atoms with Crippen molar-refractivity contribution in [1.29, 1.82) is 0 Å². The van der Waals surface area contributed by atoms with Crippen LogP contribution in [0.5, 0.6) is 0 Å². The summed E-state index contributed by atoms with van der Waals surface area (Å²) in [6, 6.07) is 10.0. The summed E-state index contributed by atoms with van der Waals surface area (Å²) < 4.78 is 38.6. The highest BCUT2D eigenvalue weighted by molar-refractivity contribution is 5.84. The van der Waals surface area contributed by atoms with Gasteiger partial charge in [-0.3, -0.25) is 25.3 Å². The molecule has 0 unspecified atom stereocenters. The fourth-order valence-corrected chi connectivity index (χ4v) is 3.74. The molecular formula is C22H26F3N5O3. The average molecular weight is 465 g/mol. The van der Waals surface area contributed by atoms with Crippen LogP contribution in [-0.4, -0.2) is 33.9 Å². The van der Waals surface area contributed by atoms with Crippen molar-refractivity contribution in [2.75, 3.05) is 12.0 Å². The summed E-state index contributed by atoms with van der Waals surface area (Å²) in [7, 11) is 0. The van der Waals surface area contributed by atoms with Crippen LogP contribution in [0.25, 0.3) is 0 Å². The highest BCUT2D eigenvalue weighted by Crippen LogP contribution is 2.40. The summed E-state index contributed by atoms with van der Waals surface area (Å²) in [5.74, 6) is -0.434. The second-order valence-corrected chi connectivity index (χ2v) is 8.24. The molecule has 0 radical (unpaired) electrons. The lowest BCUT2D eigenvalue weighted by atomic mass is 9.70. The van der Waals surface area contributed by atoms with E-state index in [9.17, 15) is 22.8 Å². The van der Waals surface area contributed by atoms with Crippen LogP contribution in [0.2, 0.25) is 0 Å². The Morgan fingerprint density at radius 2 is 1.94 bits per heavy atom. The van der Waals surface area contributed by atoms with E-state index in [0.717, 1.165) is 35.7 Å². The Morgan fingerprint density at radius 1 is 1.24 bits per heavy atom. The number of hydrazine groups is 1. The zero-order valence-electron chi connectivity index (χ0n) is 18.1. The van der Waals surface area contributed by atoms with Crippen LogP contribution in [-0.2, 0) is 27.2 Å². The Hall–Kier alpha value is -3.21. The molecule has 2 aromatic rings. The molecule has 1 fully saturated rings. The van der Waals surface area contributed by atoms with Crippen molar-refractivity contribution in [3.63, 3.8) is 0 Å². The number of rotatable bonds is 9. The van der Waals surface area contributed by atoms with Gasteiger partial charge in [-0.2, -0.15) is 13.2 Å². The van der Waals surface area contributed by atoms with Crippen molar-refractivity contribution >= 4 is 18.3 Å². The van der Waals surface area contributed by atoms with E-state index in [4.69, 9.17) is 4.84 Å². The summed E-state index contributed by atoms with van der Waals surface area (Å²) in [5.41, 5.74) is 3.56. The Morgan fingerprint density at radius 3 is 2.58 bits per heavy atom. The van der Waals surface area contributed by atoms with Gasteiger partial charge in [-0.05, 0) is 43.2 Å². The maximum atomic E-state index is 13.2. The van der Waals surface area contributed by atoms with Crippen LogP contribution in [0.4, 0.5) is 19.1 Å². The van der Waals surface area contributed by atoms with Crippen molar-refractivity contribution in [3.05, 3.63) is 53.9 Å². The topological polar surface area (TPSA) is 96.5 Å². The number of carbonyl (C=O) groups is 2. The molecule has 1 aliphatic carbocycles. The first-order chi connectivity index (χ1) is 15.7. The Kier molecular flexibility index (Phi) is 7.85. The number of alkyl halides is 3. The SMILES string of the molecule is C[C@H]1CC[C@@](CN(C=O)OCc2ccccc2)(C(=O)NNc2nccc(C(F)(F)F)n2)CC1. The zero-order chi connectivity index (χ0) is 23.9. The lowest BCUT2D eigenvalue weighted by molar-refractivity contribution is -0.190. The molecule has 33 heavy (non-hydrogen) atoms. The van der Waals surface area contributed by atoms with Crippen molar-refractivity contribution in [2.45, 2.75) is 45.4 Å². The van der Waals surface area contributed by atoms with Crippen LogP contribution in [0, 0.1) is 11.3 Å². The number of halogens is 3. The van der Waals surface area contributed by atoms with E-state index in [-0.39, 0.29) is 19.1 Å². The zero-order valence-corrected chi connectivity index (χ0v) is 18.1. The number of hydroxylamine groups is 2. The first-order valence-electron chi connectivity index (χ1n) is 10.6. The number of hydrogen-bond acceptors (Lipinski definition) is 6. The minimum atomic E-state index is -4.63. The van der Waals surface area contributed by atoms with E-state index in [1.54, 1.807) is 0 Å². The Bertz CT molecular complexity index is 934. The number of amides is 2. The molecule has 0 spiro atoms. The minimum absolute atomic E-state index is 0.00696. The summed E-state index contributed by atoms with van der Waals surface area (Å²) in [6.45, 7) is 2.25. The quantitative estimate of drug-likeness (QED) is 0.433. The Labute approximate surface area is 189 Å². The lowest BCUT2D eigenvalue weighted by Gasteiger charge is -2.39. The maximum absolute atomic E-state index is 13.2. The van der Waals surface area contributed by atoms with Crippen molar-refractivity contribution in [2.24, 2.45) is 11.3 Å². The number of benzene rings is 1. The number of carbonyl (C=O) groups excluding carboxylic acids is 2. The van der Waals surface area contributed by atoms with Gasteiger partial charge < -0.3 is 0 Å². The van der Waals surface area contributed by atoms with Gasteiger partial charge in [0.15, 0.2) is 0 Å². The highest BCUT2D eigenvalue weighted by atomic mass is 19.4. The monoisotopic (exact) mass is 465 g/mol. The fraction of sp³-hybridized carbons (Fsp3) is 0.455. The Balaban J connectivity index is 1.68. The number of nitrogens with one attached hydrogen (secondary N) is 2. The number of nitrogens with zero attached hydrogens (tertiary/aromatic N) is 3. The van der Waals surface area contributed by atoms with Gasteiger partial charge in [-0.1, -0.05) is 37.3 Å². The minimum Gasteiger partial charge on any atom is -0.276 e. The third kappa shape index (κ3) is 6.64. The van der Waals surface area contributed by atoms with E-state index in [1.165, 1.54) is 0 Å². The van der Waals surface area contributed by atoms with Gasteiger partial charge in [-0.15, -0.1) is 0 Å². The second-order valence-electron chi connectivity index (χ2n) is 8.24. The molecule has 0 saturated heterocycles. The molecule has 1 saturated carbocycles. The average Bonchev–Trinajstić information content (AvgIpc) is 2.82. The van der Waals surface area contributed by atoms with Gasteiger partial charge in [0.2, 0.25) is 18.3 Å². The maximum Gasteiger partial charge on any atom is 0.433 e. The molecule has 1 aliphatic rings. The predicted molar refractivity (Wildman–Crippen MR) is 113 cm³/mol. The van der Waals surface area contributed by atoms with Gasteiger partial charge in [0.25, 0.3) is 0 Å². The molecular weight excluding hydrogens is 439 g/mol. The summed E-state index contributed by atoms with van der Waals surface area (Å²) in [6.07, 6.45) is -0.649. The summed E-state index contributed by atoms with van der Waals surface area (Å²) in [4.78, 5) is 37.5. The van der Waals surface area contributed by atoms with E-state index in [1.807, 2.05) is 30.3 Å². The van der Waals surface area contributed by atoms with Crippen LogP contribution < -0.4 is 10.9 Å². The van der Waals surface area contributed by atoms with Crippen molar-refractivity contribution < 1.29 is 27.6 Å². The van der Waals surface area contributed by atoms with Crippen LogP contribution in [0.15, 0.2) is 42.6 Å². The molecule has 8 nitrogen and oxygen atoms in total. The third-order valence-electron chi connectivity index (χ3n) is 5.76. The van der Waals surface area contributed by atoms with E-state index < -0.39 is 23.2 Å². The molecule has 2 amide bonds. The fourth-order valence-electron chi connectivity index (χ4n) is 3.74. The van der Waals surface area contributed by atoms with Gasteiger partial charge >= 0.3 is 6.18 Å². The molecule has 178 valence electrons. The van der Waals surface area contributed by atoms with Gasteiger partial charge in [0.1, 0.15) is 12.3 Å². The first kappa shape index (κ1) is 24.4. The standard InChI is InChI=1S/C22H26F3N5O3/c1-16-7-10-21(11-8-16,14-30(15-31)33-13-17-5-3-2-4-6-17)19(32)28-29-20-26-12-9-18(27-20)22(23,24)25/h2-6,9,12,15-16H,7-8,10-11,13-14H2,1H3,(H,28,32)(H,26,27,29)/t16-,21+. The molecule has 1 aromatic heterocycles. The summed E-state index contributed by atoms with van der Waals surface area (Å²) >= 11 is 0. The molecule has 11 heteroatoms. The molecule has 0 bridgehead atoms. The number of hydrogen-bond donors (Lipinski definition) is 2. The first-order valence-corrected chi connectivity index (χ1v) is 10.6. The van der Waals surface area contributed by atoms with Gasteiger partial charge in [-0.25, -0.2) is 15.0 Å². The van der Waals surface area contributed by atoms with Crippen molar-refractivity contribution in [1.82, 2.24) is 20.5 Å². The van der Waals surface area contributed by atoms with Crippen molar-refractivity contribution in [3.8, 4) is 0 Å². The molecule has 1 aromatic carbocycles. The second kappa shape index (κ2) is 10.6. The van der Waals surface area contributed by atoms with Gasteiger partial charge in [0, 0.05) is 6.20 Å². The molecule has 0 atom stereocenters. The van der Waals surface area contributed by atoms with E-state index in [2.05, 4.69) is 27.7 Å². The largest absolute Gasteiger partial charge is 0.433 e. The lowest BCUT2D eigenvalue weighted by Crippen LogP contribution is -2.51. The predicted octanol–water partition coefficient (Wildman–Crippen LogP) is 3.73.